The van der Waals surface area contributed by atoms with Crippen LogP contribution in [-0.2, 0) is 23.7 Å². The van der Waals surface area contributed by atoms with Crippen molar-refractivity contribution in [2.24, 2.45) is 0 Å². The van der Waals surface area contributed by atoms with Gasteiger partial charge in [0.2, 0.25) is 0 Å². The highest BCUT2D eigenvalue weighted by atomic mass is 16.6. The molecular weight excluding hydrogens is 420 g/mol. The summed E-state index contributed by atoms with van der Waals surface area (Å²) in [5, 5.41) is 9.41. The van der Waals surface area contributed by atoms with Gasteiger partial charge in [-0.05, 0) is 55.4 Å². The lowest BCUT2D eigenvalue weighted by atomic mass is 10.2. The van der Waals surface area contributed by atoms with Crippen molar-refractivity contribution in [3.05, 3.63) is 0 Å². The minimum atomic E-state index is -0.578. The number of aliphatic hydroxyl groups excluding tert-OH is 1. The summed E-state index contributed by atoms with van der Waals surface area (Å²) in [6.45, 7) is 16.5. The molecule has 1 N–H and O–H groups in total. The minimum Gasteiger partial charge on any atom is -0.444 e. The number of hydrogen-bond donors (Lipinski definition) is 1. The van der Waals surface area contributed by atoms with E-state index in [1.54, 1.807) is 11.8 Å². The summed E-state index contributed by atoms with van der Waals surface area (Å²) >= 11 is 0. The molecule has 10 heteroatoms. The smallest absolute Gasteiger partial charge is 0.410 e. The average molecular weight is 461 g/mol. The number of carbonyl (C=O) groups excluding carboxylic acids is 3. The van der Waals surface area contributed by atoms with E-state index in [2.05, 4.69) is 0 Å². The van der Waals surface area contributed by atoms with Gasteiger partial charge in [-0.2, -0.15) is 0 Å². The van der Waals surface area contributed by atoms with Crippen molar-refractivity contribution in [2.45, 2.75) is 84.9 Å². The van der Waals surface area contributed by atoms with E-state index in [1.165, 1.54) is 11.8 Å². The Morgan fingerprint density at radius 3 is 1.72 bits per heavy atom. The van der Waals surface area contributed by atoms with Gasteiger partial charge in [-0.1, -0.05) is 0 Å². The van der Waals surface area contributed by atoms with Gasteiger partial charge < -0.3 is 33.9 Å². The third kappa shape index (κ3) is 10.6. The topological polar surface area (TPSA) is 115 Å². The van der Waals surface area contributed by atoms with E-state index < -0.39 is 23.4 Å². The van der Waals surface area contributed by atoms with Gasteiger partial charge in [-0.15, -0.1) is 0 Å². The molecule has 0 aromatic rings. The Labute approximate surface area is 191 Å². The lowest BCUT2D eigenvalue weighted by molar-refractivity contribution is -0.133. The molecule has 10 nitrogen and oxygen atoms in total. The molecule has 0 saturated carbocycles. The van der Waals surface area contributed by atoms with Gasteiger partial charge in [0, 0.05) is 13.1 Å². The van der Waals surface area contributed by atoms with Gasteiger partial charge in [-0.3, -0.25) is 4.79 Å². The summed E-state index contributed by atoms with van der Waals surface area (Å²) in [7, 11) is 0. The molecule has 2 fully saturated rings. The molecule has 32 heavy (non-hydrogen) atoms. The molecule has 0 aliphatic carbocycles. The number of rotatable bonds is 2. The minimum absolute atomic E-state index is 0.0618. The van der Waals surface area contributed by atoms with Crippen LogP contribution in [0.2, 0.25) is 0 Å². The highest BCUT2D eigenvalue weighted by Gasteiger charge is 2.31. The molecule has 2 rings (SSSR count). The van der Waals surface area contributed by atoms with Crippen LogP contribution in [0.15, 0.2) is 0 Å². The predicted molar refractivity (Wildman–Crippen MR) is 117 cm³/mol. The zero-order valence-corrected chi connectivity index (χ0v) is 20.7. The number of hydrogen-bond acceptors (Lipinski definition) is 8. The molecule has 2 heterocycles. The summed E-state index contributed by atoms with van der Waals surface area (Å²) in [5.41, 5.74) is -1.00. The Morgan fingerprint density at radius 1 is 0.875 bits per heavy atom. The van der Waals surface area contributed by atoms with Gasteiger partial charge in [0.05, 0.1) is 32.4 Å². The first-order valence-corrected chi connectivity index (χ1v) is 11.0. The van der Waals surface area contributed by atoms with Crippen molar-refractivity contribution in [3.63, 3.8) is 0 Å². The zero-order chi connectivity index (χ0) is 24.7. The monoisotopic (exact) mass is 460 g/mol. The zero-order valence-electron chi connectivity index (χ0n) is 20.7. The predicted octanol–water partition coefficient (Wildman–Crippen LogP) is 2.21. The second-order valence-corrected chi connectivity index (χ2v) is 9.97. The number of Topliss-reactive ketones (excluding diaryl/α,β-unsaturated/α-hetero) is 1. The molecule has 0 bridgehead atoms. The van der Waals surface area contributed by atoms with Crippen molar-refractivity contribution in [2.75, 3.05) is 39.4 Å². The Kier molecular flexibility index (Phi) is 10.4. The van der Waals surface area contributed by atoms with Gasteiger partial charge in [0.1, 0.15) is 23.4 Å². The molecule has 2 aliphatic heterocycles. The van der Waals surface area contributed by atoms with E-state index in [0.29, 0.717) is 32.8 Å². The van der Waals surface area contributed by atoms with Gasteiger partial charge in [0.25, 0.3) is 0 Å². The largest absolute Gasteiger partial charge is 0.444 e. The van der Waals surface area contributed by atoms with E-state index in [-0.39, 0.29) is 30.6 Å². The van der Waals surface area contributed by atoms with Crippen LogP contribution in [0.1, 0.15) is 55.4 Å². The molecule has 0 aromatic carbocycles. The van der Waals surface area contributed by atoms with E-state index in [4.69, 9.17) is 18.9 Å². The highest BCUT2D eigenvalue weighted by molar-refractivity contribution is 5.81. The number of amides is 2. The average Bonchev–Trinajstić information content (AvgIpc) is 2.66. The molecule has 0 aromatic heterocycles. The first-order valence-electron chi connectivity index (χ1n) is 11.0. The van der Waals surface area contributed by atoms with Crippen LogP contribution in [0, 0.1) is 0 Å². The quantitative estimate of drug-likeness (QED) is 0.667. The van der Waals surface area contributed by atoms with Crippen molar-refractivity contribution < 1.29 is 38.4 Å². The number of ketones is 1. The fourth-order valence-electron chi connectivity index (χ4n) is 2.85. The summed E-state index contributed by atoms with van der Waals surface area (Å²) in [6.07, 6.45) is -2.14. The van der Waals surface area contributed by atoms with Gasteiger partial charge >= 0.3 is 12.2 Å². The summed E-state index contributed by atoms with van der Waals surface area (Å²) in [5.74, 6) is -0.0618. The van der Waals surface area contributed by atoms with E-state index in [1.807, 2.05) is 41.5 Å². The van der Waals surface area contributed by atoms with Gasteiger partial charge in [0.15, 0.2) is 5.78 Å². The molecule has 2 aliphatic rings. The summed E-state index contributed by atoms with van der Waals surface area (Å²) in [6, 6.07) is 0. The number of aliphatic hydroxyl groups is 1. The summed E-state index contributed by atoms with van der Waals surface area (Å²) in [4.78, 5) is 37.7. The Bertz CT molecular complexity index is 639. The molecule has 2 saturated heterocycles. The van der Waals surface area contributed by atoms with Crippen LogP contribution in [0.4, 0.5) is 9.59 Å². The Balaban J connectivity index is 0.000000320. The van der Waals surface area contributed by atoms with Crippen molar-refractivity contribution in [1.82, 2.24) is 9.80 Å². The first-order chi connectivity index (χ1) is 14.6. The highest BCUT2D eigenvalue weighted by Crippen LogP contribution is 2.15. The Hall–Kier alpha value is -1.91. The number of ether oxygens (including phenoxy) is 4. The third-order valence-electron chi connectivity index (χ3n) is 4.45. The molecule has 2 amide bonds. The maximum atomic E-state index is 11.7. The van der Waals surface area contributed by atoms with Crippen LogP contribution in [0.5, 0.6) is 0 Å². The number of morpholine rings is 2. The second kappa shape index (κ2) is 11.8. The molecular formula is C22H40N2O8. The third-order valence-corrected chi connectivity index (χ3v) is 4.45. The molecule has 3 unspecified atom stereocenters. The van der Waals surface area contributed by atoms with Crippen LogP contribution >= 0.6 is 0 Å². The van der Waals surface area contributed by atoms with Crippen LogP contribution in [-0.4, -0.2) is 102 Å². The van der Waals surface area contributed by atoms with E-state index in [0.717, 1.165) is 0 Å². The maximum absolute atomic E-state index is 11.7. The van der Waals surface area contributed by atoms with E-state index >= 15 is 0 Å². The van der Waals surface area contributed by atoms with Crippen molar-refractivity contribution >= 4 is 18.0 Å². The van der Waals surface area contributed by atoms with Crippen LogP contribution in [0.3, 0.4) is 0 Å². The maximum Gasteiger partial charge on any atom is 0.410 e. The fourth-order valence-corrected chi connectivity index (χ4v) is 2.85. The van der Waals surface area contributed by atoms with Crippen LogP contribution < -0.4 is 0 Å². The van der Waals surface area contributed by atoms with Gasteiger partial charge in [-0.25, -0.2) is 9.59 Å². The number of nitrogens with zero attached hydrogens (tertiary/aromatic N) is 2. The molecule has 186 valence electrons. The van der Waals surface area contributed by atoms with Crippen LogP contribution in [0.25, 0.3) is 0 Å². The molecule has 0 radical (unpaired) electrons. The molecule has 3 atom stereocenters. The fraction of sp³-hybridized carbons (Fsp3) is 0.864. The second-order valence-electron chi connectivity index (χ2n) is 9.97. The lowest BCUT2D eigenvalue weighted by Crippen LogP contribution is -2.50. The van der Waals surface area contributed by atoms with E-state index in [9.17, 15) is 19.5 Å². The normalized spacial score (nSPS) is 22.9. The standard InChI is InChI=1S/C11H21NO4.C11H19NO4/c2*1-8(13)9-7-12(5-6-15-9)10(14)16-11(2,3)4/h8-9,13H,5-7H2,1-4H3;9H,5-7H2,1-4H3. The SMILES string of the molecule is CC(=O)C1CN(C(=O)OC(C)(C)C)CCO1.CC(O)C1CN(C(=O)OC(C)(C)C)CCO1. The number of carbonyl (C=O) groups is 3. The van der Waals surface area contributed by atoms with Crippen molar-refractivity contribution in [1.29, 1.82) is 0 Å². The Morgan fingerprint density at radius 2 is 1.31 bits per heavy atom. The van der Waals surface area contributed by atoms with Crippen molar-refractivity contribution in [3.8, 4) is 0 Å². The molecule has 0 spiro atoms. The lowest BCUT2D eigenvalue weighted by Gasteiger charge is -2.35. The first kappa shape index (κ1) is 28.1. The summed E-state index contributed by atoms with van der Waals surface area (Å²) < 4.78 is 21.1.